The summed E-state index contributed by atoms with van der Waals surface area (Å²) in [5.41, 5.74) is 6.52. The van der Waals surface area contributed by atoms with E-state index >= 15 is 0 Å². The van der Waals surface area contributed by atoms with E-state index in [0.717, 1.165) is 44.3 Å². The number of carbonyl (C=O) groups excluding carboxylic acids is 1. The quantitative estimate of drug-likeness (QED) is 0.850. The van der Waals surface area contributed by atoms with Gasteiger partial charge in [0.1, 0.15) is 11.6 Å². The zero-order valence-electron chi connectivity index (χ0n) is 11.6. The molecule has 104 valence electrons. The van der Waals surface area contributed by atoms with Crippen molar-refractivity contribution in [1.29, 1.82) is 0 Å². The highest BCUT2D eigenvalue weighted by Gasteiger charge is 2.37. The van der Waals surface area contributed by atoms with Crippen LogP contribution in [-0.4, -0.2) is 23.9 Å². The van der Waals surface area contributed by atoms with Crippen molar-refractivity contribution in [3.63, 3.8) is 0 Å². The fraction of sp³-hybridized carbons (Fsp3) is 0.600. The maximum Gasteiger partial charge on any atom is 0.143 e. The first-order valence-electron chi connectivity index (χ1n) is 7.11. The van der Waals surface area contributed by atoms with Gasteiger partial charge >= 0.3 is 0 Å². The van der Waals surface area contributed by atoms with Crippen LogP contribution in [0.3, 0.4) is 0 Å². The van der Waals surface area contributed by atoms with Crippen molar-refractivity contribution in [3.8, 4) is 0 Å². The molecule has 1 fully saturated rings. The highest BCUT2D eigenvalue weighted by atomic mass is 16.1. The number of pyridine rings is 1. The molecule has 0 spiro atoms. The molecular formula is C15H23N3O. The van der Waals surface area contributed by atoms with Crippen LogP contribution in [0.4, 0.5) is 5.82 Å². The number of nitrogen functional groups attached to an aromatic ring is 1. The predicted molar refractivity (Wildman–Crippen MR) is 76.8 cm³/mol. The molecular weight excluding hydrogens is 238 g/mol. The summed E-state index contributed by atoms with van der Waals surface area (Å²) in [4.78, 5) is 16.7. The predicted octanol–water partition coefficient (Wildman–Crippen LogP) is 1.95. The Balaban J connectivity index is 2.11. The molecule has 0 unspecified atom stereocenters. The largest absolute Gasteiger partial charge is 0.384 e. The maximum atomic E-state index is 12.7. The van der Waals surface area contributed by atoms with Crippen LogP contribution in [-0.2, 0) is 11.2 Å². The van der Waals surface area contributed by atoms with Crippen LogP contribution in [0, 0.1) is 5.41 Å². The molecule has 0 aromatic carbocycles. The number of hydrogen-bond donors (Lipinski definition) is 2. The molecule has 0 atom stereocenters. The van der Waals surface area contributed by atoms with Gasteiger partial charge in [0.15, 0.2) is 0 Å². The number of hydrogen-bond acceptors (Lipinski definition) is 4. The first-order valence-corrected chi connectivity index (χ1v) is 7.11. The molecule has 19 heavy (non-hydrogen) atoms. The molecule has 1 aliphatic rings. The van der Waals surface area contributed by atoms with E-state index in [1.54, 1.807) is 12.3 Å². The first kappa shape index (κ1) is 14.0. The van der Waals surface area contributed by atoms with Gasteiger partial charge in [0.25, 0.3) is 0 Å². The molecule has 2 heterocycles. The lowest BCUT2D eigenvalue weighted by Crippen LogP contribution is -2.42. The van der Waals surface area contributed by atoms with Crippen LogP contribution in [0.5, 0.6) is 0 Å². The van der Waals surface area contributed by atoms with Crippen LogP contribution >= 0.6 is 0 Å². The number of piperidine rings is 1. The van der Waals surface area contributed by atoms with Gasteiger partial charge in [-0.05, 0) is 50.0 Å². The van der Waals surface area contributed by atoms with Crippen molar-refractivity contribution in [2.75, 3.05) is 18.8 Å². The Bertz CT molecular complexity index is 433. The average Bonchev–Trinajstić information content (AvgIpc) is 2.40. The summed E-state index contributed by atoms with van der Waals surface area (Å²) in [7, 11) is 0. The average molecular weight is 261 g/mol. The van der Waals surface area contributed by atoms with Crippen molar-refractivity contribution in [2.45, 2.75) is 39.0 Å². The molecule has 1 aromatic rings. The lowest BCUT2D eigenvalue weighted by atomic mass is 9.70. The third-order valence-electron chi connectivity index (χ3n) is 4.09. The van der Waals surface area contributed by atoms with Crippen molar-refractivity contribution in [1.82, 2.24) is 10.3 Å². The van der Waals surface area contributed by atoms with Crippen LogP contribution < -0.4 is 11.1 Å². The second-order valence-corrected chi connectivity index (χ2v) is 5.47. The van der Waals surface area contributed by atoms with Crippen LogP contribution in [0.1, 0.15) is 38.2 Å². The Morgan fingerprint density at radius 3 is 2.84 bits per heavy atom. The van der Waals surface area contributed by atoms with Crippen molar-refractivity contribution in [3.05, 3.63) is 23.9 Å². The zero-order valence-corrected chi connectivity index (χ0v) is 11.6. The second kappa shape index (κ2) is 6.15. The van der Waals surface area contributed by atoms with Crippen molar-refractivity contribution < 1.29 is 4.79 Å². The maximum absolute atomic E-state index is 12.7. The van der Waals surface area contributed by atoms with Gasteiger partial charge in [0, 0.05) is 18.0 Å². The number of aromatic nitrogens is 1. The molecule has 0 radical (unpaired) electrons. The minimum Gasteiger partial charge on any atom is -0.384 e. The highest BCUT2D eigenvalue weighted by molar-refractivity contribution is 5.87. The fourth-order valence-corrected chi connectivity index (χ4v) is 3.03. The minimum absolute atomic E-state index is 0.127. The van der Waals surface area contributed by atoms with E-state index in [4.69, 9.17) is 5.73 Å². The summed E-state index contributed by atoms with van der Waals surface area (Å²) in [6, 6.07) is 3.69. The number of nitrogens with zero attached hydrogens (tertiary/aromatic N) is 1. The Kier molecular flexibility index (Phi) is 4.53. The van der Waals surface area contributed by atoms with Gasteiger partial charge in [0.05, 0.1) is 0 Å². The number of Topliss-reactive ketones (excluding diaryl/α,β-unsaturated/α-hetero) is 1. The third kappa shape index (κ3) is 3.32. The molecule has 4 heteroatoms. The van der Waals surface area contributed by atoms with E-state index in [1.807, 2.05) is 6.07 Å². The van der Waals surface area contributed by atoms with E-state index in [0.29, 0.717) is 18.0 Å². The number of nitrogens with one attached hydrogen (secondary N) is 1. The molecule has 0 aliphatic carbocycles. The van der Waals surface area contributed by atoms with E-state index in [-0.39, 0.29) is 5.41 Å². The molecule has 1 aromatic heterocycles. The van der Waals surface area contributed by atoms with Gasteiger partial charge in [-0.15, -0.1) is 0 Å². The third-order valence-corrected chi connectivity index (χ3v) is 4.09. The summed E-state index contributed by atoms with van der Waals surface area (Å²) in [5.74, 6) is 0.849. The SMILES string of the molecule is CCCC1(C(=O)Cc2ccnc(N)c2)CCNCC1. The number of rotatable bonds is 5. The molecule has 1 aliphatic heterocycles. The molecule has 0 saturated carbocycles. The molecule has 0 bridgehead atoms. The molecule has 1 saturated heterocycles. The lowest BCUT2D eigenvalue weighted by molar-refractivity contribution is -0.130. The van der Waals surface area contributed by atoms with E-state index in [2.05, 4.69) is 17.2 Å². The summed E-state index contributed by atoms with van der Waals surface area (Å²) < 4.78 is 0. The first-order chi connectivity index (χ1) is 9.16. The second-order valence-electron chi connectivity index (χ2n) is 5.47. The summed E-state index contributed by atoms with van der Waals surface area (Å²) in [6.07, 6.45) is 6.12. The van der Waals surface area contributed by atoms with Crippen LogP contribution in [0.25, 0.3) is 0 Å². The molecule has 3 N–H and O–H groups in total. The van der Waals surface area contributed by atoms with Crippen LogP contribution in [0.15, 0.2) is 18.3 Å². The lowest BCUT2D eigenvalue weighted by Gasteiger charge is -2.36. The number of carbonyl (C=O) groups is 1. The zero-order chi connectivity index (χ0) is 13.7. The van der Waals surface area contributed by atoms with E-state index in [9.17, 15) is 4.79 Å². The van der Waals surface area contributed by atoms with Gasteiger partial charge in [-0.3, -0.25) is 4.79 Å². The monoisotopic (exact) mass is 261 g/mol. The topological polar surface area (TPSA) is 68.0 Å². The molecule has 4 nitrogen and oxygen atoms in total. The van der Waals surface area contributed by atoms with Crippen molar-refractivity contribution >= 4 is 11.6 Å². The Hall–Kier alpha value is -1.42. The fourth-order valence-electron chi connectivity index (χ4n) is 3.03. The normalized spacial score (nSPS) is 18.2. The Morgan fingerprint density at radius 2 is 2.21 bits per heavy atom. The highest BCUT2D eigenvalue weighted by Crippen LogP contribution is 2.36. The summed E-state index contributed by atoms with van der Waals surface area (Å²) >= 11 is 0. The van der Waals surface area contributed by atoms with Gasteiger partial charge in [-0.2, -0.15) is 0 Å². The standard InChI is InChI=1S/C15H23N3O/c1-2-4-15(5-8-17-9-6-15)13(19)10-12-3-7-18-14(16)11-12/h3,7,11,17H,2,4-6,8-10H2,1H3,(H2,16,18). The number of nitrogens with two attached hydrogens (primary N) is 1. The summed E-state index contributed by atoms with van der Waals surface area (Å²) in [6.45, 7) is 4.05. The molecule has 2 rings (SSSR count). The van der Waals surface area contributed by atoms with E-state index < -0.39 is 0 Å². The van der Waals surface area contributed by atoms with Gasteiger partial charge in [-0.1, -0.05) is 13.3 Å². The Labute approximate surface area is 114 Å². The number of ketones is 1. The van der Waals surface area contributed by atoms with Gasteiger partial charge in [-0.25, -0.2) is 4.98 Å². The molecule has 0 amide bonds. The van der Waals surface area contributed by atoms with Crippen LogP contribution in [0.2, 0.25) is 0 Å². The summed E-state index contributed by atoms with van der Waals surface area (Å²) in [5, 5.41) is 3.34. The smallest absolute Gasteiger partial charge is 0.143 e. The minimum atomic E-state index is -0.127. The van der Waals surface area contributed by atoms with Crippen molar-refractivity contribution in [2.24, 2.45) is 5.41 Å². The Morgan fingerprint density at radius 1 is 1.47 bits per heavy atom. The van der Waals surface area contributed by atoms with Gasteiger partial charge < -0.3 is 11.1 Å². The van der Waals surface area contributed by atoms with E-state index in [1.165, 1.54) is 0 Å². The van der Waals surface area contributed by atoms with Gasteiger partial charge in [0.2, 0.25) is 0 Å². The number of anilines is 1.